The molecule has 2 aromatic rings. The van der Waals surface area contributed by atoms with E-state index < -0.39 is 6.04 Å². The summed E-state index contributed by atoms with van der Waals surface area (Å²) in [5.74, 6) is 0.339. The molecule has 0 aromatic heterocycles. The van der Waals surface area contributed by atoms with Gasteiger partial charge in [0.15, 0.2) is 19.0 Å². The van der Waals surface area contributed by atoms with Gasteiger partial charge in [-0.2, -0.15) is 0 Å². The van der Waals surface area contributed by atoms with E-state index in [0.29, 0.717) is 29.3 Å². The van der Waals surface area contributed by atoms with Crippen molar-refractivity contribution in [3.8, 4) is 11.5 Å². The molecule has 0 aliphatic carbocycles. The Balaban J connectivity index is 1.42. The molecule has 0 saturated carbocycles. The molecule has 2 aromatic carbocycles. The minimum absolute atomic E-state index is 0.135. The number of ether oxygens (including phenoxy) is 2. The van der Waals surface area contributed by atoms with Crippen LogP contribution in [-0.2, 0) is 9.59 Å². The Kier molecular flexibility index (Phi) is 8.25. The molecular formula is C28H35N3O5. The van der Waals surface area contributed by atoms with Crippen LogP contribution in [0.25, 0.3) is 0 Å². The van der Waals surface area contributed by atoms with Crippen LogP contribution in [0.1, 0.15) is 47.7 Å². The normalized spacial score (nSPS) is 16.6. The maximum Gasteiger partial charge on any atom is 0.265 e. The highest BCUT2D eigenvalue weighted by Crippen LogP contribution is 2.34. The molecule has 192 valence electrons. The number of likely N-dealkylation sites (tertiary alicyclic amines) is 1. The number of nitrogens with zero attached hydrogens (tertiary/aromatic N) is 2. The zero-order valence-electron chi connectivity index (χ0n) is 21.3. The summed E-state index contributed by atoms with van der Waals surface area (Å²) >= 11 is 0. The lowest BCUT2D eigenvalue weighted by Gasteiger charge is -2.34. The molecule has 1 fully saturated rings. The van der Waals surface area contributed by atoms with Crippen LogP contribution in [0, 0.1) is 13.8 Å². The van der Waals surface area contributed by atoms with Crippen LogP contribution in [0.5, 0.6) is 11.5 Å². The van der Waals surface area contributed by atoms with Gasteiger partial charge in [-0.25, -0.2) is 0 Å². The van der Waals surface area contributed by atoms with Gasteiger partial charge in [0.2, 0.25) is 5.91 Å². The monoisotopic (exact) mass is 493 g/mol. The summed E-state index contributed by atoms with van der Waals surface area (Å²) in [7, 11) is 0. The van der Waals surface area contributed by atoms with Crippen LogP contribution in [-0.4, -0.2) is 67.9 Å². The number of carbonyl (C=O) groups is 3. The lowest BCUT2D eigenvalue weighted by molar-refractivity contribution is -0.127. The van der Waals surface area contributed by atoms with E-state index in [1.165, 1.54) is 24.2 Å². The van der Waals surface area contributed by atoms with Crippen molar-refractivity contribution in [2.75, 3.05) is 44.3 Å². The molecule has 8 heteroatoms. The standard InChI is InChI=1S/C28H35N3O5/c1-19-7-9-25(20(2)15-19)35-17-24(32)22-8-10-26-23(16-22)31(27(33)18-36-26)21(3)28(34)29-11-14-30-12-5-4-6-13-30/h7-10,15-16,21H,4-6,11-14,17-18H2,1-3H3,(H,29,34). The Morgan fingerprint density at radius 2 is 1.86 bits per heavy atom. The summed E-state index contributed by atoms with van der Waals surface area (Å²) in [6, 6.07) is 9.98. The van der Waals surface area contributed by atoms with Gasteiger partial charge in [-0.15, -0.1) is 0 Å². The number of hydrogen-bond donors (Lipinski definition) is 1. The minimum atomic E-state index is -0.738. The van der Waals surface area contributed by atoms with E-state index in [-0.39, 0.29) is 30.8 Å². The highest BCUT2D eigenvalue weighted by Gasteiger charge is 2.33. The summed E-state index contributed by atoms with van der Waals surface area (Å²) in [5.41, 5.74) is 2.88. The third-order valence-corrected chi connectivity index (χ3v) is 6.79. The van der Waals surface area contributed by atoms with Crippen molar-refractivity contribution < 1.29 is 23.9 Å². The maximum absolute atomic E-state index is 12.9. The number of amides is 2. The maximum atomic E-state index is 12.9. The molecule has 2 aliphatic rings. The summed E-state index contributed by atoms with van der Waals surface area (Å²) < 4.78 is 11.3. The second-order valence-electron chi connectivity index (χ2n) is 9.59. The molecule has 0 radical (unpaired) electrons. The number of benzene rings is 2. The number of hydrogen-bond acceptors (Lipinski definition) is 6. The molecule has 4 rings (SSSR count). The van der Waals surface area contributed by atoms with E-state index in [2.05, 4.69) is 10.2 Å². The molecule has 2 heterocycles. The molecular weight excluding hydrogens is 458 g/mol. The number of carbonyl (C=O) groups excluding carboxylic acids is 3. The lowest BCUT2D eigenvalue weighted by atomic mass is 10.1. The Morgan fingerprint density at radius 3 is 2.61 bits per heavy atom. The number of rotatable bonds is 9. The van der Waals surface area contributed by atoms with Gasteiger partial charge >= 0.3 is 0 Å². The fraction of sp³-hybridized carbons (Fsp3) is 0.464. The quantitative estimate of drug-likeness (QED) is 0.540. The van der Waals surface area contributed by atoms with Gasteiger partial charge in [0.25, 0.3) is 5.91 Å². The van der Waals surface area contributed by atoms with Crippen molar-refractivity contribution >= 4 is 23.3 Å². The van der Waals surface area contributed by atoms with E-state index in [9.17, 15) is 14.4 Å². The fourth-order valence-corrected chi connectivity index (χ4v) is 4.74. The second-order valence-corrected chi connectivity index (χ2v) is 9.59. The number of aryl methyl sites for hydroxylation is 2. The van der Waals surface area contributed by atoms with Crippen molar-refractivity contribution in [3.05, 3.63) is 53.1 Å². The predicted molar refractivity (Wildman–Crippen MR) is 138 cm³/mol. The third kappa shape index (κ3) is 6.05. The molecule has 1 N–H and O–H groups in total. The van der Waals surface area contributed by atoms with Gasteiger partial charge < -0.3 is 19.7 Å². The highest BCUT2D eigenvalue weighted by atomic mass is 16.5. The largest absolute Gasteiger partial charge is 0.485 e. The molecule has 2 aliphatic heterocycles. The Morgan fingerprint density at radius 1 is 1.08 bits per heavy atom. The Hall–Kier alpha value is -3.39. The summed E-state index contributed by atoms with van der Waals surface area (Å²) in [6.07, 6.45) is 3.65. The summed E-state index contributed by atoms with van der Waals surface area (Å²) in [4.78, 5) is 42.4. The van der Waals surface area contributed by atoms with E-state index in [0.717, 1.165) is 30.8 Å². The van der Waals surface area contributed by atoms with Crippen molar-refractivity contribution in [3.63, 3.8) is 0 Å². The third-order valence-electron chi connectivity index (χ3n) is 6.79. The summed E-state index contributed by atoms with van der Waals surface area (Å²) in [5, 5.41) is 2.96. The van der Waals surface area contributed by atoms with E-state index in [4.69, 9.17) is 9.47 Å². The van der Waals surface area contributed by atoms with Crippen LogP contribution in [0.2, 0.25) is 0 Å². The Labute approximate surface area is 212 Å². The van der Waals surface area contributed by atoms with E-state index >= 15 is 0 Å². The lowest BCUT2D eigenvalue weighted by Crippen LogP contribution is -2.52. The van der Waals surface area contributed by atoms with E-state index in [1.807, 2.05) is 32.0 Å². The number of Topliss-reactive ketones (excluding diaryl/α,β-unsaturated/α-hetero) is 1. The number of ketones is 1. The smallest absolute Gasteiger partial charge is 0.265 e. The zero-order valence-corrected chi connectivity index (χ0v) is 21.3. The number of fused-ring (bicyclic) bond motifs is 1. The predicted octanol–water partition coefficient (Wildman–Crippen LogP) is 3.28. The number of anilines is 1. The van der Waals surface area contributed by atoms with Gasteiger partial charge in [-0.05, 0) is 76.5 Å². The summed E-state index contributed by atoms with van der Waals surface area (Å²) in [6.45, 7) is 8.79. The Bertz CT molecular complexity index is 1130. The topological polar surface area (TPSA) is 88.2 Å². The first-order valence-electron chi connectivity index (χ1n) is 12.7. The van der Waals surface area contributed by atoms with Crippen LogP contribution in [0.3, 0.4) is 0 Å². The number of piperidine rings is 1. The first kappa shape index (κ1) is 25.7. The molecule has 0 bridgehead atoms. The van der Waals surface area contributed by atoms with Gasteiger partial charge in [0, 0.05) is 18.7 Å². The van der Waals surface area contributed by atoms with Gasteiger partial charge in [0.05, 0.1) is 5.69 Å². The van der Waals surface area contributed by atoms with Crippen molar-refractivity contribution in [2.45, 2.75) is 46.1 Å². The van der Waals surface area contributed by atoms with Crippen molar-refractivity contribution in [1.82, 2.24) is 10.2 Å². The van der Waals surface area contributed by atoms with E-state index in [1.54, 1.807) is 25.1 Å². The minimum Gasteiger partial charge on any atom is -0.485 e. The van der Waals surface area contributed by atoms with Gasteiger partial charge in [-0.3, -0.25) is 19.3 Å². The first-order chi connectivity index (χ1) is 17.3. The molecule has 8 nitrogen and oxygen atoms in total. The zero-order chi connectivity index (χ0) is 25.7. The molecule has 1 unspecified atom stereocenters. The highest BCUT2D eigenvalue weighted by molar-refractivity contribution is 6.05. The molecule has 36 heavy (non-hydrogen) atoms. The van der Waals surface area contributed by atoms with Crippen LogP contribution < -0.4 is 19.7 Å². The molecule has 1 saturated heterocycles. The molecule has 0 spiro atoms. The van der Waals surface area contributed by atoms with Gasteiger partial charge in [-0.1, -0.05) is 24.1 Å². The molecule has 1 atom stereocenters. The SMILES string of the molecule is Cc1ccc(OCC(=O)c2ccc3c(c2)N(C(C)C(=O)NCCN2CCCCC2)C(=O)CO3)c(C)c1. The second kappa shape index (κ2) is 11.6. The van der Waals surface area contributed by atoms with Crippen LogP contribution >= 0.6 is 0 Å². The fourth-order valence-electron chi connectivity index (χ4n) is 4.74. The van der Waals surface area contributed by atoms with Crippen LogP contribution in [0.15, 0.2) is 36.4 Å². The van der Waals surface area contributed by atoms with Crippen LogP contribution in [0.4, 0.5) is 5.69 Å². The average Bonchev–Trinajstić information content (AvgIpc) is 2.87. The van der Waals surface area contributed by atoms with Gasteiger partial charge in [0.1, 0.15) is 17.5 Å². The molecule has 2 amide bonds. The van der Waals surface area contributed by atoms with Crippen molar-refractivity contribution in [1.29, 1.82) is 0 Å². The average molecular weight is 494 g/mol. The van der Waals surface area contributed by atoms with Crippen molar-refractivity contribution in [2.24, 2.45) is 0 Å². The number of nitrogens with one attached hydrogen (secondary N) is 1. The first-order valence-corrected chi connectivity index (χ1v) is 12.7.